The zero-order valence-corrected chi connectivity index (χ0v) is 12.5. The molecule has 110 valence electrons. The molecule has 0 fully saturated rings. The summed E-state index contributed by atoms with van der Waals surface area (Å²) in [7, 11) is 1.33. The first kappa shape index (κ1) is 15.2. The standard InChI is InChI=1S/C16H16ClNO3/c1-10-4-3-5-12(8-10)18-15(16(20)21-2)11-6-7-14(19)13(17)9-11/h3-9,15,18-19H,1-2H3. The number of anilines is 1. The fourth-order valence-corrected chi connectivity index (χ4v) is 2.19. The predicted octanol–water partition coefficient (Wildman–Crippen LogP) is 3.68. The molecular weight excluding hydrogens is 290 g/mol. The van der Waals surface area contributed by atoms with Crippen LogP contribution in [0.5, 0.6) is 5.75 Å². The smallest absolute Gasteiger partial charge is 0.332 e. The molecule has 4 nitrogen and oxygen atoms in total. The van der Waals surface area contributed by atoms with Crippen LogP contribution in [0, 0.1) is 6.92 Å². The number of carbonyl (C=O) groups excluding carboxylic acids is 1. The fourth-order valence-electron chi connectivity index (χ4n) is 2.00. The molecule has 0 aromatic heterocycles. The minimum Gasteiger partial charge on any atom is -0.506 e. The molecule has 0 saturated heterocycles. The van der Waals surface area contributed by atoms with Gasteiger partial charge in [-0.15, -0.1) is 0 Å². The van der Waals surface area contributed by atoms with Crippen molar-refractivity contribution in [3.05, 3.63) is 58.6 Å². The van der Waals surface area contributed by atoms with E-state index in [-0.39, 0.29) is 10.8 Å². The van der Waals surface area contributed by atoms with E-state index in [9.17, 15) is 9.90 Å². The number of rotatable bonds is 4. The van der Waals surface area contributed by atoms with Crippen LogP contribution in [0.1, 0.15) is 17.2 Å². The lowest BCUT2D eigenvalue weighted by molar-refractivity contribution is -0.141. The summed E-state index contributed by atoms with van der Waals surface area (Å²) in [5.74, 6) is -0.460. The number of ether oxygens (including phenoxy) is 1. The highest BCUT2D eigenvalue weighted by molar-refractivity contribution is 6.32. The van der Waals surface area contributed by atoms with Gasteiger partial charge in [-0.1, -0.05) is 29.8 Å². The van der Waals surface area contributed by atoms with E-state index in [4.69, 9.17) is 16.3 Å². The zero-order chi connectivity index (χ0) is 15.4. The summed E-state index contributed by atoms with van der Waals surface area (Å²) in [5, 5.41) is 12.8. The van der Waals surface area contributed by atoms with E-state index >= 15 is 0 Å². The number of aryl methyl sites for hydroxylation is 1. The van der Waals surface area contributed by atoms with Crippen molar-refractivity contribution in [1.82, 2.24) is 0 Å². The number of nitrogens with one attached hydrogen (secondary N) is 1. The van der Waals surface area contributed by atoms with Crippen molar-refractivity contribution in [3.63, 3.8) is 0 Å². The summed E-state index contributed by atoms with van der Waals surface area (Å²) in [6.07, 6.45) is 0. The van der Waals surface area contributed by atoms with Gasteiger partial charge in [0.1, 0.15) is 5.75 Å². The van der Waals surface area contributed by atoms with Gasteiger partial charge in [-0.25, -0.2) is 4.79 Å². The molecule has 0 aliphatic rings. The topological polar surface area (TPSA) is 58.6 Å². The third-order valence-electron chi connectivity index (χ3n) is 3.07. The SMILES string of the molecule is COC(=O)C(Nc1cccc(C)c1)c1ccc(O)c(Cl)c1. The van der Waals surface area contributed by atoms with Gasteiger partial charge in [0.15, 0.2) is 6.04 Å². The van der Waals surface area contributed by atoms with E-state index in [0.717, 1.165) is 11.3 Å². The molecule has 0 saturated carbocycles. The molecule has 0 bridgehead atoms. The number of phenolic OH excluding ortho intramolecular Hbond substituents is 1. The molecule has 0 radical (unpaired) electrons. The molecule has 2 aromatic carbocycles. The Labute approximate surface area is 128 Å². The Morgan fingerprint density at radius 3 is 2.67 bits per heavy atom. The fraction of sp³-hybridized carbons (Fsp3) is 0.188. The minimum absolute atomic E-state index is 0.0282. The van der Waals surface area contributed by atoms with Gasteiger partial charge in [0.25, 0.3) is 0 Å². The van der Waals surface area contributed by atoms with Crippen LogP contribution in [-0.4, -0.2) is 18.2 Å². The second-order valence-electron chi connectivity index (χ2n) is 4.68. The lowest BCUT2D eigenvalue weighted by Crippen LogP contribution is -2.22. The minimum atomic E-state index is -0.699. The van der Waals surface area contributed by atoms with Crippen LogP contribution in [0.15, 0.2) is 42.5 Å². The Morgan fingerprint density at radius 1 is 1.29 bits per heavy atom. The number of halogens is 1. The summed E-state index contributed by atoms with van der Waals surface area (Å²) < 4.78 is 4.83. The van der Waals surface area contributed by atoms with Crippen LogP contribution in [0.2, 0.25) is 5.02 Å². The van der Waals surface area contributed by atoms with Crippen LogP contribution < -0.4 is 5.32 Å². The normalized spacial score (nSPS) is 11.8. The highest BCUT2D eigenvalue weighted by Crippen LogP contribution is 2.29. The maximum Gasteiger partial charge on any atom is 0.332 e. The third-order valence-corrected chi connectivity index (χ3v) is 3.37. The number of methoxy groups -OCH3 is 1. The molecule has 2 aromatic rings. The molecule has 1 unspecified atom stereocenters. The van der Waals surface area contributed by atoms with Crippen molar-refractivity contribution in [2.45, 2.75) is 13.0 Å². The van der Waals surface area contributed by atoms with Crippen molar-refractivity contribution >= 4 is 23.3 Å². The highest BCUT2D eigenvalue weighted by atomic mass is 35.5. The molecule has 2 rings (SSSR count). The maximum absolute atomic E-state index is 12.0. The van der Waals surface area contributed by atoms with Gasteiger partial charge in [0.2, 0.25) is 0 Å². The first-order chi connectivity index (χ1) is 10.0. The Kier molecular flexibility index (Phi) is 4.70. The van der Waals surface area contributed by atoms with Gasteiger partial charge in [-0.05, 0) is 42.3 Å². The average molecular weight is 306 g/mol. The van der Waals surface area contributed by atoms with Gasteiger partial charge < -0.3 is 15.2 Å². The number of hydrogen-bond donors (Lipinski definition) is 2. The summed E-state index contributed by atoms with van der Waals surface area (Å²) >= 11 is 5.90. The molecule has 5 heteroatoms. The van der Waals surface area contributed by atoms with E-state index in [2.05, 4.69) is 5.32 Å². The van der Waals surface area contributed by atoms with E-state index in [1.165, 1.54) is 13.2 Å². The Balaban J connectivity index is 2.34. The lowest BCUT2D eigenvalue weighted by Gasteiger charge is -2.19. The maximum atomic E-state index is 12.0. The number of carbonyl (C=O) groups is 1. The molecular formula is C16H16ClNO3. The zero-order valence-electron chi connectivity index (χ0n) is 11.8. The van der Waals surface area contributed by atoms with Crippen molar-refractivity contribution in [2.24, 2.45) is 0 Å². The second-order valence-corrected chi connectivity index (χ2v) is 5.09. The van der Waals surface area contributed by atoms with Gasteiger partial charge in [-0.3, -0.25) is 0 Å². The van der Waals surface area contributed by atoms with Crippen LogP contribution >= 0.6 is 11.6 Å². The van der Waals surface area contributed by atoms with E-state index in [1.54, 1.807) is 12.1 Å². The van der Waals surface area contributed by atoms with Crippen molar-refractivity contribution in [1.29, 1.82) is 0 Å². The average Bonchev–Trinajstić information content (AvgIpc) is 2.47. The first-order valence-corrected chi connectivity index (χ1v) is 6.78. The molecule has 0 spiro atoms. The van der Waals surface area contributed by atoms with Crippen LogP contribution in [0.4, 0.5) is 5.69 Å². The number of esters is 1. The molecule has 21 heavy (non-hydrogen) atoms. The quantitative estimate of drug-likeness (QED) is 0.846. The highest BCUT2D eigenvalue weighted by Gasteiger charge is 2.22. The lowest BCUT2D eigenvalue weighted by atomic mass is 10.1. The van der Waals surface area contributed by atoms with Gasteiger partial charge in [0, 0.05) is 5.69 Å². The monoisotopic (exact) mass is 305 g/mol. The van der Waals surface area contributed by atoms with Crippen molar-refractivity contribution < 1.29 is 14.6 Å². The summed E-state index contributed by atoms with van der Waals surface area (Å²) in [5.41, 5.74) is 2.49. The predicted molar refractivity (Wildman–Crippen MR) is 82.7 cm³/mol. The Morgan fingerprint density at radius 2 is 2.05 bits per heavy atom. The van der Waals surface area contributed by atoms with Gasteiger partial charge in [0.05, 0.1) is 12.1 Å². The number of aromatic hydroxyl groups is 1. The van der Waals surface area contributed by atoms with Gasteiger partial charge >= 0.3 is 5.97 Å². The largest absolute Gasteiger partial charge is 0.506 e. The van der Waals surface area contributed by atoms with E-state index in [1.807, 2.05) is 31.2 Å². The number of phenols is 1. The van der Waals surface area contributed by atoms with Crippen LogP contribution in [-0.2, 0) is 9.53 Å². The molecule has 0 aliphatic heterocycles. The molecule has 0 heterocycles. The van der Waals surface area contributed by atoms with Crippen molar-refractivity contribution in [3.8, 4) is 5.75 Å². The van der Waals surface area contributed by atoms with E-state index < -0.39 is 12.0 Å². The molecule has 1 atom stereocenters. The first-order valence-electron chi connectivity index (χ1n) is 6.40. The summed E-state index contributed by atoms with van der Waals surface area (Å²) in [6, 6.07) is 11.6. The van der Waals surface area contributed by atoms with E-state index in [0.29, 0.717) is 5.56 Å². The molecule has 2 N–H and O–H groups in total. The Bertz CT molecular complexity index is 658. The third kappa shape index (κ3) is 3.67. The molecule has 0 amide bonds. The Hall–Kier alpha value is -2.20. The number of benzene rings is 2. The van der Waals surface area contributed by atoms with Crippen molar-refractivity contribution in [2.75, 3.05) is 12.4 Å². The summed E-state index contributed by atoms with van der Waals surface area (Å²) in [6.45, 7) is 1.97. The summed E-state index contributed by atoms with van der Waals surface area (Å²) in [4.78, 5) is 12.0. The van der Waals surface area contributed by atoms with Crippen LogP contribution in [0.3, 0.4) is 0 Å². The van der Waals surface area contributed by atoms with Crippen LogP contribution in [0.25, 0.3) is 0 Å². The van der Waals surface area contributed by atoms with Gasteiger partial charge in [-0.2, -0.15) is 0 Å². The second kappa shape index (κ2) is 6.50. The number of hydrogen-bond acceptors (Lipinski definition) is 4. The molecule has 0 aliphatic carbocycles.